The molecule has 1 heterocycles. The van der Waals surface area contributed by atoms with Gasteiger partial charge < -0.3 is 5.11 Å². The maximum Gasteiger partial charge on any atom is 0.433 e. The van der Waals surface area contributed by atoms with Crippen LogP contribution in [0.2, 0.25) is 5.02 Å². The number of nitrogens with zero attached hydrogens (tertiary/aromatic N) is 1. The number of halogens is 6. The Kier molecular flexibility index (Phi) is 4.10. The van der Waals surface area contributed by atoms with Crippen molar-refractivity contribution in [3.8, 4) is 0 Å². The minimum absolute atomic E-state index is 0.508. The summed E-state index contributed by atoms with van der Waals surface area (Å²) < 4.78 is 62.7. The van der Waals surface area contributed by atoms with E-state index in [1.165, 1.54) is 0 Å². The second-order valence-corrected chi connectivity index (χ2v) is 3.62. The van der Waals surface area contributed by atoms with E-state index in [0.29, 0.717) is 6.20 Å². The molecule has 0 saturated carbocycles. The number of aromatic nitrogens is 1. The molecule has 0 aliphatic carbocycles. The average Bonchev–Trinajstić information content (AvgIpc) is 2.17. The number of rotatable bonds is 3. The summed E-state index contributed by atoms with van der Waals surface area (Å²) in [6.45, 7) is 0. The van der Waals surface area contributed by atoms with Crippen molar-refractivity contribution in [3.05, 3.63) is 28.0 Å². The molecule has 1 aromatic heterocycles. The van der Waals surface area contributed by atoms with Crippen molar-refractivity contribution in [2.75, 3.05) is 0 Å². The third kappa shape index (κ3) is 3.06. The molecule has 0 bridgehead atoms. The van der Waals surface area contributed by atoms with Crippen LogP contribution < -0.4 is 0 Å². The van der Waals surface area contributed by atoms with E-state index in [9.17, 15) is 26.7 Å². The molecule has 9 heteroatoms. The zero-order chi connectivity index (χ0) is 14.1. The average molecular weight is 290 g/mol. The maximum atomic E-state index is 12.7. The van der Waals surface area contributed by atoms with Crippen molar-refractivity contribution in [2.24, 2.45) is 0 Å². The lowest BCUT2D eigenvalue weighted by Gasteiger charge is -2.15. The Morgan fingerprint density at radius 3 is 2.39 bits per heavy atom. The number of pyridine rings is 1. The van der Waals surface area contributed by atoms with E-state index >= 15 is 0 Å². The maximum absolute atomic E-state index is 12.7. The molecule has 3 nitrogen and oxygen atoms in total. The van der Waals surface area contributed by atoms with Crippen LogP contribution in [0.3, 0.4) is 0 Å². The SMILES string of the molecule is O=C(O)Cc1c(Cl)cnc(C(F)(F)F)c1C(F)F. The van der Waals surface area contributed by atoms with Gasteiger partial charge in [-0.3, -0.25) is 4.79 Å². The standard InChI is InChI=1S/C9H5ClF5NO2/c10-4-2-16-7(9(13,14)15)6(8(11)12)3(4)1-5(17)18/h2,8H,1H2,(H,17,18). The van der Waals surface area contributed by atoms with Crippen LogP contribution in [0.1, 0.15) is 23.2 Å². The lowest BCUT2D eigenvalue weighted by atomic mass is 10.0. The minimum Gasteiger partial charge on any atom is -0.481 e. The van der Waals surface area contributed by atoms with Gasteiger partial charge in [0.1, 0.15) is 0 Å². The van der Waals surface area contributed by atoms with Gasteiger partial charge in [0.05, 0.1) is 17.0 Å². The number of hydrogen-bond donors (Lipinski definition) is 1. The van der Waals surface area contributed by atoms with Gasteiger partial charge in [-0.2, -0.15) is 13.2 Å². The Bertz CT molecular complexity index is 475. The normalized spacial score (nSPS) is 11.9. The summed E-state index contributed by atoms with van der Waals surface area (Å²) in [6, 6.07) is 0. The zero-order valence-electron chi connectivity index (χ0n) is 8.43. The summed E-state index contributed by atoms with van der Waals surface area (Å²) in [5, 5.41) is 7.95. The Labute approximate surface area is 102 Å². The van der Waals surface area contributed by atoms with Gasteiger partial charge in [0.25, 0.3) is 6.43 Å². The Morgan fingerprint density at radius 2 is 2.00 bits per heavy atom. The molecule has 0 aliphatic rings. The van der Waals surface area contributed by atoms with E-state index < -0.39 is 46.8 Å². The minimum atomic E-state index is -5.11. The van der Waals surface area contributed by atoms with Crippen LogP contribution in [0.5, 0.6) is 0 Å². The van der Waals surface area contributed by atoms with E-state index in [4.69, 9.17) is 16.7 Å². The first-order valence-corrected chi connectivity index (χ1v) is 4.76. The molecule has 0 atom stereocenters. The topological polar surface area (TPSA) is 50.2 Å². The summed E-state index contributed by atoms with van der Waals surface area (Å²) in [6.07, 6.45) is -9.16. The Hall–Kier alpha value is -1.44. The number of carbonyl (C=O) groups is 1. The second-order valence-electron chi connectivity index (χ2n) is 3.22. The molecule has 0 unspecified atom stereocenters. The van der Waals surface area contributed by atoms with Crippen LogP contribution >= 0.6 is 11.6 Å². The van der Waals surface area contributed by atoms with Crippen molar-refractivity contribution >= 4 is 17.6 Å². The highest BCUT2D eigenvalue weighted by Gasteiger charge is 2.39. The summed E-state index contributed by atoms with van der Waals surface area (Å²) in [5.41, 5.74) is -4.09. The van der Waals surface area contributed by atoms with Crippen molar-refractivity contribution in [1.82, 2.24) is 4.98 Å². The molecular formula is C9H5ClF5NO2. The number of aliphatic carboxylic acids is 1. The first-order chi connectivity index (χ1) is 8.14. The van der Waals surface area contributed by atoms with Crippen LogP contribution in [0, 0.1) is 0 Å². The van der Waals surface area contributed by atoms with Crippen molar-refractivity contribution in [3.63, 3.8) is 0 Å². The molecule has 0 spiro atoms. The zero-order valence-corrected chi connectivity index (χ0v) is 9.19. The number of hydrogen-bond acceptors (Lipinski definition) is 2. The van der Waals surface area contributed by atoms with Crippen molar-refractivity contribution in [1.29, 1.82) is 0 Å². The third-order valence-electron chi connectivity index (χ3n) is 1.99. The highest BCUT2D eigenvalue weighted by Crippen LogP contribution is 2.38. The third-order valence-corrected chi connectivity index (χ3v) is 2.32. The Morgan fingerprint density at radius 1 is 1.44 bits per heavy atom. The summed E-state index contributed by atoms with van der Waals surface area (Å²) in [4.78, 5) is 13.3. The van der Waals surface area contributed by atoms with E-state index in [-0.39, 0.29) is 0 Å². The van der Waals surface area contributed by atoms with Crippen LogP contribution in [-0.2, 0) is 17.4 Å². The van der Waals surface area contributed by atoms with E-state index in [1.807, 2.05) is 0 Å². The van der Waals surface area contributed by atoms with Crippen molar-refractivity contribution in [2.45, 2.75) is 19.0 Å². The van der Waals surface area contributed by atoms with Gasteiger partial charge in [-0.15, -0.1) is 0 Å². The van der Waals surface area contributed by atoms with E-state index in [0.717, 1.165) is 0 Å². The lowest BCUT2D eigenvalue weighted by molar-refractivity contribution is -0.143. The Balaban J connectivity index is 3.52. The predicted octanol–water partition coefficient (Wildman–Crippen LogP) is 3.32. The molecular weight excluding hydrogens is 285 g/mol. The fourth-order valence-electron chi connectivity index (χ4n) is 1.33. The number of carboxylic acids is 1. The molecule has 0 saturated heterocycles. The number of carboxylic acid groups (broad SMARTS) is 1. The summed E-state index contributed by atoms with van der Waals surface area (Å²) in [5.74, 6) is -1.57. The van der Waals surface area contributed by atoms with Crippen molar-refractivity contribution < 1.29 is 31.9 Å². The van der Waals surface area contributed by atoms with Crippen LogP contribution in [0.25, 0.3) is 0 Å². The van der Waals surface area contributed by atoms with Gasteiger partial charge in [-0.05, 0) is 5.56 Å². The predicted molar refractivity (Wildman–Crippen MR) is 50.5 cm³/mol. The molecule has 0 fully saturated rings. The smallest absolute Gasteiger partial charge is 0.433 e. The summed E-state index contributed by atoms with van der Waals surface area (Å²) >= 11 is 5.41. The van der Waals surface area contributed by atoms with Crippen LogP contribution in [0.15, 0.2) is 6.20 Å². The fraction of sp³-hybridized carbons (Fsp3) is 0.333. The molecule has 0 radical (unpaired) electrons. The van der Waals surface area contributed by atoms with E-state index in [1.54, 1.807) is 0 Å². The fourth-order valence-corrected chi connectivity index (χ4v) is 1.55. The van der Waals surface area contributed by atoms with Gasteiger partial charge in [-0.25, -0.2) is 13.8 Å². The lowest BCUT2D eigenvalue weighted by Crippen LogP contribution is -2.16. The largest absolute Gasteiger partial charge is 0.481 e. The molecule has 1 aromatic rings. The van der Waals surface area contributed by atoms with Gasteiger partial charge in [0.2, 0.25) is 0 Å². The monoisotopic (exact) mass is 289 g/mol. The molecule has 1 N–H and O–H groups in total. The molecule has 1 rings (SSSR count). The first-order valence-electron chi connectivity index (χ1n) is 4.39. The van der Waals surface area contributed by atoms with Gasteiger partial charge in [-0.1, -0.05) is 11.6 Å². The van der Waals surface area contributed by atoms with Gasteiger partial charge in [0, 0.05) is 6.20 Å². The highest BCUT2D eigenvalue weighted by atomic mass is 35.5. The molecule has 0 aromatic carbocycles. The quantitative estimate of drug-likeness (QED) is 0.869. The van der Waals surface area contributed by atoms with Gasteiger partial charge >= 0.3 is 12.1 Å². The van der Waals surface area contributed by atoms with E-state index in [2.05, 4.69) is 4.98 Å². The highest BCUT2D eigenvalue weighted by molar-refractivity contribution is 6.31. The molecule has 0 aliphatic heterocycles. The van der Waals surface area contributed by atoms with Crippen LogP contribution in [0.4, 0.5) is 22.0 Å². The second kappa shape index (κ2) is 5.05. The molecule has 18 heavy (non-hydrogen) atoms. The molecule has 0 amide bonds. The van der Waals surface area contributed by atoms with Gasteiger partial charge in [0.15, 0.2) is 5.69 Å². The van der Waals surface area contributed by atoms with Crippen LogP contribution in [-0.4, -0.2) is 16.1 Å². The molecule has 100 valence electrons. The first kappa shape index (κ1) is 14.6. The summed E-state index contributed by atoms with van der Waals surface area (Å²) in [7, 11) is 0. The number of alkyl halides is 5.